The van der Waals surface area contributed by atoms with Crippen molar-refractivity contribution in [1.82, 2.24) is 0 Å². The van der Waals surface area contributed by atoms with E-state index in [1.54, 1.807) is 0 Å². The second-order valence-corrected chi connectivity index (χ2v) is 6.25. The number of hydrogen-bond donors (Lipinski definition) is 1. The molecule has 0 unspecified atom stereocenters. The first-order chi connectivity index (χ1) is 6.97. The maximum Gasteiger partial charge on any atom is 0.0314 e. The predicted molar refractivity (Wildman–Crippen MR) is 70.3 cm³/mol. The van der Waals surface area contributed by atoms with Crippen LogP contribution in [-0.2, 0) is 0 Å². The quantitative estimate of drug-likeness (QED) is 0.470. The van der Waals surface area contributed by atoms with Gasteiger partial charge in [0.05, 0.1) is 0 Å². The summed E-state index contributed by atoms with van der Waals surface area (Å²) in [5.41, 5.74) is 6.93. The molecular formula is C13H21NS. The Bertz CT molecular complexity index is 284. The molecule has 0 amide bonds. The molecule has 0 saturated heterocycles. The van der Waals surface area contributed by atoms with Gasteiger partial charge >= 0.3 is 0 Å². The smallest absolute Gasteiger partial charge is 0.0314 e. The van der Waals surface area contributed by atoms with E-state index >= 15 is 0 Å². The highest BCUT2D eigenvalue weighted by Gasteiger charge is 2.08. The Kier molecular flexibility index (Phi) is 4.52. The minimum absolute atomic E-state index is 0.460. The molecule has 1 aromatic rings. The normalized spacial score (nSPS) is 11.7. The van der Waals surface area contributed by atoms with Gasteiger partial charge in [0, 0.05) is 10.6 Å². The van der Waals surface area contributed by atoms with Crippen LogP contribution in [0, 0.1) is 5.41 Å². The van der Waals surface area contributed by atoms with Crippen molar-refractivity contribution in [3.8, 4) is 0 Å². The molecule has 0 fully saturated rings. The molecule has 2 heteroatoms. The molecule has 0 spiro atoms. The fourth-order valence-electron chi connectivity index (χ4n) is 1.36. The van der Waals surface area contributed by atoms with E-state index in [0.29, 0.717) is 5.41 Å². The Morgan fingerprint density at radius 1 is 1.13 bits per heavy atom. The predicted octanol–water partition coefficient (Wildman–Crippen LogP) is 4.19. The molecular weight excluding hydrogens is 202 g/mol. The number of benzene rings is 1. The summed E-state index contributed by atoms with van der Waals surface area (Å²) in [5, 5.41) is 0. The van der Waals surface area contributed by atoms with Crippen molar-refractivity contribution < 1.29 is 0 Å². The summed E-state index contributed by atoms with van der Waals surface area (Å²) in [4.78, 5) is 1.32. The Labute approximate surface area is 97.4 Å². The number of hydrogen-bond acceptors (Lipinski definition) is 2. The van der Waals surface area contributed by atoms with Gasteiger partial charge in [-0.3, -0.25) is 0 Å². The zero-order valence-electron chi connectivity index (χ0n) is 9.92. The third-order valence-corrected chi connectivity index (χ3v) is 3.32. The summed E-state index contributed by atoms with van der Waals surface area (Å²) in [7, 11) is 0. The van der Waals surface area contributed by atoms with Crippen LogP contribution >= 0.6 is 11.8 Å². The van der Waals surface area contributed by atoms with Crippen molar-refractivity contribution >= 4 is 17.4 Å². The van der Waals surface area contributed by atoms with Crippen molar-refractivity contribution in [2.75, 3.05) is 11.5 Å². The number of rotatable bonds is 4. The summed E-state index contributed by atoms with van der Waals surface area (Å²) < 4.78 is 0. The summed E-state index contributed by atoms with van der Waals surface area (Å²) in [5.74, 6) is 1.20. The third-order valence-electron chi connectivity index (χ3n) is 2.22. The monoisotopic (exact) mass is 223 g/mol. The number of nitrogens with two attached hydrogens (primary N) is 1. The maximum atomic E-state index is 5.63. The molecule has 0 aliphatic rings. The fourth-order valence-corrected chi connectivity index (χ4v) is 2.21. The van der Waals surface area contributed by atoms with Gasteiger partial charge in [-0.25, -0.2) is 0 Å². The van der Waals surface area contributed by atoms with Crippen molar-refractivity contribution in [1.29, 1.82) is 0 Å². The molecule has 0 atom stereocenters. The fraction of sp³-hybridized carbons (Fsp3) is 0.538. The number of anilines is 1. The average molecular weight is 223 g/mol. The van der Waals surface area contributed by atoms with Gasteiger partial charge in [-0.2, -0.15) is 0 Å². The van der Waals surface area contributed by atoms with Gasteiger partial charge in [0.2, 0.25) is 0 Å². The van der Waals surface area contributed by atoms with Crippen LogP contribution in [0.3, 0.4) is 0 Å². The van der Waals surface area contributed by atoms with Crippen LogP contribution in [0.5, 0.6) is 0 Å². The van der Waals surface area contributed by atoms with E-state index in [4.69, 9.17) is 5.73 Å². The van der Waals surface area contributed by atoms with Gasteiger partial charge in [0.25, 0.3) is 0 Å². The average Bonchev–Trinajstić information content (AvgIpc) is 2.14. The van der Waals surface area contributed by atoms with E-state index in [-0.39, 0.29) is 0 Å². The van der Waals surface area contributed by atoms with E-state index < -0.39 is 0 Å². The lowest BCUT2D eigenvalue weighted by Gasteiger charge is -2.17. The van der Waals surface area contributed by atoms with Crippen molar-refractivity contribution in [2.24, 2.45) is 5.41 Å². The van der Waals surface area contributed by atoms with Crippen molar-refractivity contribution in [2.45, 2.75) is 38.5 Å². The van der Waals surface area contributed by atoms with Crippen LogP contribution in [0.25, 0.3) is 0 Å². The Balaban J connectivity index is 2.23. The van der Waals surface area contributed by atoms with Gasteiger partial charge in [-0.05, 0) is 48.3 Å². The molecule has 84 valence electrons. The first kappa shape index (κ1) is 12.4. The molecule has 0 bridgehead atoms. The molecule has 0 aromatic heterocycles. The van der Waals surface area contributed by atoms with Gasteiger partial charge in [-0.1, -0.05) is 20.8 Å². The van der Waals surface area contributed by atoms with Crippen LogP contribution in [0.1, 0.15) is 33.6 Å². The van der Waals surface area contributed by atoms with E-state index in [2.05, 4.69) is 32.9 Å². The summed E-state index contributed by atoms with van der Waals surface area (Å²) in [6.45, 7) is 6.88. The van der Waals surface area contributed by atoms with Gasteiger partial charge in [-0.15, -0.1) is 11.8 Å². The number of nitrogen functional groups attached to an aromatic ring is 1. The Morgan fingerprint density at radius 3 is 2.27 bits per heavy atom. The van der Waals surface area contributed by atoms with E-state index in [0.717, 1.165) is 5.69 Å². The molecule has 0 aliphatic heterocycles. The minimum Gasteiger partial charge on any atom is -0.399 e. The molecule has 1 aromatic carbocycles. The first-order valence-corrected chi connectivity index (χ1v) is 6.44. The van der Waals surface area contributed by atoms with Crippen LogP contribution in [0.4, 0.5) is 5.69 Å². The van der Waals surface area contributed by atoms with Crippen LogP contribution in [0.2, 0.25) is 0 Å². The van der Waals surface area contributed by atoms with E-state index in [9.17, 15) is 0 Å². The lowest BCUT2D eigenvalue weighted by molar-refractivity contribution is 0.375. The Morgan fingerprint density at radius 2 is 1.73 bits per heavy atom. The lowest BCUT2D eigenvalue weighted by atomic mass is 9.91. The highest BCUT2D eigenvalue weighted by atomic mass is 32.2. The standard InChI is InChI=1S/C13H21NS/c1-13(2,3)9-4-10-15-12-7-5-11(14)6-8-12/h5-8H,4,9-10,14H2,1-3H3. The molecule has 1 rings (SSSR count). The Hall–Kier alpha value is -0.630. The van der Waals surface area contributed by atoms with E-state index in [1.165, 1.54) is 23.5 Å². The lowest BCUT2D eigenvalue weighted by Crippen LogP contribution is -2.04. The first-order valence-electron chi connectivity index (χ1n) is 5.46. The van der Waals surface area contributed by atoms with Crippen LogP contribution < -0.4 is 5.73 Å². The van der Waals surface area contributed by atoms with Gasteiger partial charge in [0.1, 0.15) is 0 Å². The molecule has 0 heterocycles. The molecule has 15 heavy (non-hydrogen) atoms. The van der Waals surface area contributed by atoms with Crippen molar-refractivity contribution in [3.63, 3.8) is 0 Å². The minimum atomic E-state index is 0.460. The zero-order valence-corrected chi connectivity index (χ0v) is 10.7. The topological polar surface area (TPSA) is 26.0 Å². The molecule has 0 radical (unpaired) electrons. The van der Waals surface area contributed by atoms with Gasteiger partial charge in [0.15, 0.2) is 0 Å². The molecule has 0 aliphatic carbocycles. The number of thioether (sulfide) groups is 1. The SMILES string of the molecule is CC(C)(C)CCCSc1ccc(N)cc1. The largest absolute Gasteiger partial charge is 0.399 e. The van der Waals surface area contributed by atoms with Crippen molar-refractivity contribution in [3.05, 3.63) is 24.3 Å². The summed E-state index contributed by atoms with van der Waals surface area (Å²) >= 11 is 1.91. The second kappa shape index (κ2) is 5.45. The second-order valence-electron chi connectivity index (χ2n) is 5.08. The maximum absolute atomic E-state index is 5.63. The van der Waals surface area contributed by atoms with Crippen LogP contribution in [0.15, 0.2) is 29.2 Å². The zero-order chi connectivity index (χ0) is 11.3. The highest BCUT2D eigenvalue weighted by molar-refractivity contribution is 7.99. The molecule has 2 N–H and O–H groups in total. The summed E-state index contributed by atoms with van der Waals surface area (Å²) in [6, 6.07) is 8.12. The van der Waals surface area contributed by atoms with Crippen LogP contribution in [-0.4, -0.2) is 5.75 Å². The van der Waals surface area contributed by atoms with Gasteiger partial charge < -0.3 is 5.73 Å². The van der Waals surface area contributed by atoms with E-state index in [1.807, 2.05) is 23.9 Å². The molecule has 1 nitrogen and oxygen atoms in total. The third kappa shape index (κ3) is 5.73. The molecule has 0 saturated carbocycles. The summed E-state index contributed by atoms with van der Waals surface area (Å²) in [6.07, 6.45) is 2.56. The highest BCUT2D eigenvalue weighted by Crippen LogP contribution is 2.25.